The van der Waals surface area contributed by atoms with E-state index in [4.69, 9.17) is 0 Å². The Morgan fingerprint density at radius 1 is 1.15 bits per heavy atom. The molecule has 1 fully saturated rings. The van der Waals surface area contributed by atoms with E-state index < -0.39 is 0 Å². The minimum atomic E-state index is -0.0788. The van der Waals surface area contributed by atoms with Crippen molar-refractivity contribution in [3.63, 3.8) is 0 Å². The standard InChI is InChI=1S/C21H28N4O/c1-4-17-8-6-7-16(3)20(17)23-21(26)18-9-10-22-19(15-18)25-13-11-24(5-2)12-14-25/h6-10,15H,4-5,11-14H2,1-3H3,(H,23,26). The van der Waals surface area contributed by atoms with Crippen LogP contribution in [0.5, 0.6) is 0 Å². The summed E-state index contributed by atoms with van der Waals surface area (Å²) in [6.45, 7) is 11.4. The summed E-state index contributed by atoms with van der Waals surface area (Å²) in [5, 5.41) is 3.10. The lowest BCUT2D eigenvalue weighted by Crippen LogP contribution is -2.46. The molecule has 1 aromatic carbocycles. The molecular weight excluding hydrogens is 324 g/mol. The van der Waals surface area contributed by atoms with Gasteiger partial charge in [0, 0.05) is 43.6 Å². The van der Waals surface area contributed by atoms with Gasteiger partial charge in [-0.15, -0.1) is 0 Å². The third-order valence-electron chi connectivity index (χ3n) is 5.13. The van der Waals surface area contributed by atoms with E-state index in [-0.39, 0.29) is 5.91 Å². The maximum Gasteiger partial charge on any atom is 0.255 e. The Balaban J connectivity index is 1.75. The number of piperazine rings is 1. The number of amides is 1. The van der Waals surface area contributed by atoms with Crippen LogP contribution in [0.1, 0.15) is 35.3 Å². The Bertz CT molecular complexity index is 766. The Labute approximate surface area is 156 Å². The van der Waals surface area contributed by atoms with Crippen molar-refractivity contribution in [3.05, 3.63) is 53.2 Å². The van der Waals surface area contributed by atoms with Gasteiger partial charge in [-0.2, -0.15) is 0 Å². The topological polar surface area (TPSA) is 48.5 Å². The summed E-state index contributed by atoms with van der Waals surface area (Å²) in [7, 11) is 0. The Hall–Kier alpha value is -2.40. The number of hydrogen-bond acceptors (Lipinski definition) is 4. The number of pyridine rings is 1. The van der Waals surface area contributed by atoms with Gasteiger partial charge < -0.3 is 15.1 Å². The van der Waals surface area contributed by atoms with Crippen LogP contribution in [0.3, 0.4) is 0 Å². The second-order valence-corrected chi connectivity index (χ2v) is 6.74. The predicted molar refractivity (Wildman–Crippen MR) is 107 cm³/mol. The van der Waals surface area contributed by atoms with E-state index in [1.54, 1.807) is 12.3 Å². The van der Waals surface area contributed by atoms with Crippen LogP contribution in [0.25, 0.3) is 0 Å². The number of anilines is 2. The van der Waals surface area contributed by atoms with Crippen LogP contribution in [0.2, 0.25) is 0 Å². The van der Waals surface area contributed by atoms with Gasteiger partial charge in [0.25, 0.3) is 5.91 Å². The zero-order chi connectivity index (χ0) is 18.5. The SMILES string of the molecule is CCc1cccc(C)c1NC(=O)c1ccnc(N2CCN(CC)CC2)c1. The average Bonchev–Trinajstić information content (AvgIpc) is 2.69. The van der Waals surface area contributed by atoms with Gasteiger partial charge in [0.15, 0.2) is 0 Å². The molecule has 138 valence electrons. The zero-order valence-electron chi connectivity index (χ0n) is 16.0. The molecule has 0 radical (unpaired) electrons. The van der Waals surface area contributed by atoms with Gasteiger partial charge in [0.2, 0.25) is 0 Å². The molecule has 1 aliphatic rings. The summed E-state index contributed by atoms with van der Waals surface area (Å²) in [6.07, 6.45) is 2.62. The average molecular weight is 352 g/mol. The molecule has 1 saturated heterocycles. The van der Waals surface area contributed by atoms with Crippen LogP contribution >= 0.6 is 0 Å². The molecule has 1 amide bonds. The molecule has 0 unspecified atom stereocenters. The number of para-hydroxylation sites is 1. The van der Waals surface area contributed by atoms with Crippen LogP contribution in [0.15, 0.2) is 36.5 Å². The highest BCUT2D eigenvalue weighted by molar-refractivity contribution is 6.05. The normalized spacial score (nSPS) is 15.1. The highest BCUT2D eigenvalue weighted by Gasteiger charge is 2.18. The number of carbonyl (C=O) groups is 1. The second-order valence-electron chi connectivity index (χ2n) is 6.74. The van der Waals surface area contributed by atoms with Gasteiger partial charge in [-0.25, -0.2) is 4.98 Å². The molecule has 2 aromatic rings. The summed E-state index contributed by atoms with van der Waals surface area (Å²) < 4.78 is 0. The maximum atomic E-state index is 12.8. The number of aromatic nitrogens is 1. The predicted octanol–water partition coefficient (Wildman–Crippen LogP) is 3.35. The summed E-state index contributed by atoms with van der Waals surface area (Å²) in [5.74, 6) is 0.804. The molecule has 0 atom stereocenters. The monoisotopic (exact) mass is 352 g/mol. The van der Waals surface area contributed by atoms with Crippen molar-refractivity contribution < 1.29 is 4.79 Å². The van der Waals surface area contributed by atoms with E-state index in [2.05, 4.69) is 40.0 Å². The molecule has 0 saturated carbocycles. The first-order valence-corrected chi connectivity index (χ1v) is 9.45. The Morgan fingerprint density at radius 3 is 2.62 bits per heavy atom. The van der Waals surface area contributed by atoms with Crippen molar-refractivity contribution >= 4 is 17.4 Å². The van der Waals surface area contributed by atoms with E-state index >= 15 is 0 Å². The summed E-state index contributed by atoms with van der Waals surface area (Å²) in [4.78, 5) is 22.0. The third-order valence-corrected chi connectivity index (χ3v) is 5.13. The first kappa shape index (κ1) is 18.4. The number of nitrogens with zero attached hydrogens (tertiary/aromatic N) is 3. The van der Waals surface area contributed by atoms with Gasteiger partial charge in [0.1, 0.15) is 5.82 Å². The largest absolute Gasteiger partial charge is 0.354 e. The van der Waals surface area contributed by atoms with Crippen molar-refractivity contribution in [2.75, 3.05) is 42.9 Å². The van der Waals surface area contributed by atoms with E-state index in [0.717, 1.165) is 61.8 Å². The van der Waals surface area contributed by atoms with Gasteiger partial charge in [-0.1, -0.05) is 32.0 Å². The molecule has 1 aromatic heterocycles. The van der Waals surface area contributed by atoms with Crippen LogP contribution in [0, 0.1) is 6.92 Å². The van der Waals surface area contributed by atoms with Crippen molar-refractivity contribution in [3.8, 4) is 0 Å². The summed E-state index contributed by atoms with van der Waals surface area (Å²) in [5.41, 5.74) is 3.82. The minimum absolute atomic E-state index is 0.0788. The van der Waals surface area contributed by atoms with Crippen molar-refractivity contribution in [1.29, 1.82) is 0 Å². The fraction of sp³-hybridized carbons (Fsp3) is 0.429. The number of hydrogen-bond donors (Lipinski definition) is 1. The molecule has 5 nitrogen and oxygen atoms in total. The number of nitrogens with one attached hydrogen (secondary N) is 1. The zero-order valence-corrected chi connectivity index (χ0v) is 16.0. The van der Waals surface area contributed by atoms with Crippen molar-refractivity contribution in [2.45, 2.75) is 27.2 Å². The smallest absolute Gasteiger partial charge is 0.255 e. The van der Waals surface area contributed by atoms with Crippen LogP contribution < -0.4 is 10.2 Å². The van der Waals surface area contributed by atoms with Gasteiger partial charge >= 0.3 is 0 Å². The lowest BCUT2D eigenvalue weighted by atomic mass is 10.1. The van der Waals surface area contributed by atoms with E-state index in [1.165, 1.54) is 0 Å². The summed E-state index contributed by atoms with van der Waals surface area (Å²) >= 11 is 0. The maximum absolute atomic E-state index is 12.8. The van der Waals surface area contributed by atoms with E-state index in [1.807, 2.05) is 25.1 Å². The molecule has 3 rings (SSSR count). The van der Waals surface area contributed by atoms with Crippen molar-refractivity contribution in [1.82, 2.24) is 9.88 Å². The van der Waals surface area contributed by atoms with Crippen LogP contribution in [-0.2, 0) is 6.42 Å². The van der Waals surface area contributed by atoms with E-state index in [9.17, 15) is 4.79 Å². The number of rotatable bonds is 5. The molecule has 0 spiro atoms. The molecular formula is C21H28N4O. The molecule has 0 bridgehead atoms. The fourth-order valence-corrected chi connectivity index (χ4v) is 3.41. The lowest BCUT2D eigenvalue weighted by Gasteiger charge is -2.34. The molecule has 1 N–H and O–H groups in total. The number of carbonyl (C=O) groups excluding carboxylic acids is 1. The Kier molecular flexibility index (Phi) is 5.89. The number of likely N-dealkylation sites (N-methyl/N-ethyl adjacent to an activating group) is 1. The van der Waals surface area contributed by atoms with Gasteiger partial charge in [-0.3, -0.25) is 4.79 Å². The van der Waals surface area contributed by atoms with Crippen molar-refractivity contribution in [2.24, 2.45) is 0 Å². The molecule has 0 aliphatic carbocycles. The van der Waals surface area contributed by atoms with Crippen LogP contribution in [-0.4, -0.2) is 48.5 Å². The van der Waals surface area contributed by atoms with E-state index in [0.29, 0.717) is 5.56 Å². The molecule has 5 heteroatoms. The Morgan fingerprint density at radius 2 is 1.92 bits per heavy atom. The molecule has 26 heavy (non-hydrogen) atoms. The third kappa shape index (κ3) is 4.05. The lowest BCUT2D eigenvalue weighted by molar-refractivity contribution is 0.102. The summed E-state index contributed by atoms with van der Waals surface area (Å²) in [6, 6.07) is 9.81. The number of benzene rings is 1. The second kappa shape index (κ2) is 8.32. The fourth-order valence-electron chi connectivity index (χ4n) is 3.41. The first-order valence-electron chi connectivity index (χ1n) is 9.45. The first-order chi connectivity index (χ1) is 12.6. The quantitative estimate of drug-likeness (QED) is 0.896. The number of aryl methyl sites for hydroxylation is 2. The van der Waals surface area contributed by atoms with Crippen LogP contribution in [0.4, 0.5) is 11.5 Å². The van der Waals surface area contributed by atoms with Gasteiger partial charge in [0.05, 0.1) is 0 Å². The van der Waals surface area contributed by atoms with Gasteiger partial charge in [-0.05, 0) is 43.1 Å². The highest BCUT2D eigenvalue weighted by Crippen LogP contribution is 2.22. The molecule has 1 aliphatic heterocycles. The highest BCUT2D eigenvalue weighted by atomic mass is 16.1. The minimum Gasteiger partial charge on any atom is -0.354 e. The molecule has 2 heterocycles.